The summed E-state index contributed by atoms with van der Waals surface area (Å²) < 4.78 is 16.4. The first-order valence-corrected chi connectivity index (χ1v) is 8.19. The highest BCUT2D eigenvalue weighted by atomic mass is 16.6. The zero-order valence-corrected chi connectivity index (χ0v) is 13.5. The van der Waals surface area contributed by atoms with Gasteiger partial charge in [-0.1, -0.05) is 32.0 Å². The van der Waals surface area contributed by atoms with Gasteiger partial charge in [-0.3, -0.25) is 0 Å². The van der Waals surface area contributed by atoms with Crippen LogP contribution in [0.15, 0.2) is 24.3 Å². The molecule has 122 valence electrons. The number of hydrogen-bond acceptors (Lipinski definition) is 4. The second-order valence-electron chi connectivity index (χ2n) is 5.81. The zero-order valence-electron chi connectivity index (χ0n) is 13.5. The minimum atomic E-state index is -0.340. The Morgan fingerprint density at radius 1 is 1.36 bits per heavy atom. The number of esters is 1. The van der Waals surface area contributed by atoms with Crippen LogP contribution in [0, 0.1) is 0 Å². The largest absolute Gasteiger partial charge is 0.482 e. The molecule has 0 N–H and O–H groups in total. The maximum atomic E-state index is 11.8. The molecule has 4 heteroatoms. The van der Waals surface area contributed by atoms with Gasteiger partial charge in [0.2, 0.25) is 0 Å². The van der Waals surface area contributed by atoms with Crippen molar-refractivity contribution in [2.75, 3.05) is 19.8 Å². The van der Waals surface area contributed by atoms with E-state index in [2.05, 4.69) is 13.8 Å². The van der Waals surface area contributed by atoms with Crippen LogP contribution in [0.1, 0.15) is 51.0 Å². The first-order valence-electron chi connectivity index (χ1n) is 8.19. The van der Waals surface area contributed by atoms with Crippen molar-refractivity contribution < 1.29 is 19.0 Å². The first kappa shape index (κ1) is 16.8. The molecule has 4 nitrogen and oxygen atoms in total. The summed E-state index contributed by atoms with van der Waals surface area (Å²) in [7, 11) is 0. The second kappa shape index (κ2) is 8.79. The van der Waals surface area contributed by atoms with E-state index in [0.29, 0.717) is 12.5 Å². The van der Waals surface area contributed by atoms with Gasteiger partial charge in [-0.05, 0) is 43.2 Å². The van der Waals surface area contributed by atoms with Crippen LogP contribution in [0.3, 0.4) is 0 Å². The number of rotatable bonds is 7. The Bertz CT molecular complexity index is 466. The molecular weight excluding hydrogens is 280 g/mol. The van der Waals surface area contributed by atoms with Crippen molar-refractivity contribution >= 4 is 5.97 Å². The number of carbonyl (C=O) groups excluding carboxylic acids is 1. The summed E-state index contributed by atoms with van der Waals surface area (Å²) in [5, 5.41) is 0. The van der Waals surface area contributed by atoms with Gasteiger partial charge in [-0.15, -0.1) is 0 Å². The highest BCUT2D eigenvalue weighted by Gasteiger charge is 2.17. The monoisotopic (exact) mass is 306 g/mol. The summed E-state index contributed by atoms with van der Waals surface area (Å²) in [5.74, 6) is 0.832. The third-order valence-electron chi connectivity index (χ3n) is 4.11. The van der Waals surface area contributed by atoms with Crippen molar-refractivity contribution in [3.63, 3.8) is 0 Å². The maximum Gasteiger partial charge on any atom is 0.344 e. The van der Waals surface area contributed by atoms with Crippen LogP contribution in [-0.4, -0.2) is 31.9 Å². The molecule has 1 heterocycles. The molecule has 0 aromatic heterocycles. The lowest BCUT2D eigenvalue weighted by Crippen LogP contribution is -2.27. The second-order valence-corrected chi connectivity index (χ2v) is 5.81. The Hall–Kier alpha value is -1.55. The maximum absolute atomic E-state index is 11.8. The van der Waals surface area contributed by atoms with Crippen LogP contribution >= 0.6 is 0 Å². The van der Waals surface area contributed by atoms with E-state index in [1.54, 1.807) is 0 Å². The van der Waals surface area contributed by atoms with Crippen LogP contribution in [0.2, 0.25) is 0 Å². The Morgan fingerprint density at radius 3 is 2.91 bits per heavy atom. The number of para-hydroxylation sites is 1. The molecule has 0 radical (unpaired) electrons. The fourth-order valence-electron chi connectivity index (χ4n) is 2.54. The quantitative estimate of drug-likeness (QED) is 0.721. The summed E-state index contributed by atoms with van der Waals surface area (Å²) >= 11 is 0. The van der Waals surface area contributed by atoms with Gasteiger partial charge >= 0.3 is 5.97 Å². The van der Waals surface area contributed by atoms with E-state index in [1.165, 1.54) is 0 Å². The molecule has 1 aromatic carbocycles. The van der Waals surface area contributed by atoms with Crippen molar-refractivity contribution in [3.05, 3.63) is 29.8 Å². The lowest BCUT2D eigenvalue weighted by atomic mass is 9.98. The van der Waals surface area contributed by atoms with Crippen LogP contribution in [0.4, 0.5) is 0 Å². The summed E-state index contributed by atoms with van der Waals surface area (Å²) in [6, 6.07) is 7.86. The Balaban J connectivity index is 1.78. The van der Waals surface area contributed by atoms with Gasteiger partial charge in [0, 0.05) is 6.61 Å². The SMILES string of the molecule is CCC(C)c1ccccc1OCC(=O)OCC1CCCCO1. The molecule has 0 amide bonds. The van der Waals surface area contributed by atoms with Crippen molar-refractivity contribution in [1.82, 2.24) is 0 Å². The van der Waals surface area contributed by atoms with Gasteiger partial charge in [-0.2, -0.15) is 0 Å². The van der Waals surface area contributed by atoms with Gasteiger partial charge in [-0.25, -0.2) is 4.79 Å². The van der Waals surface area contributed by atoms with Crippen LogP contribution < -0.4 is 4.74 Å². The lowest BCUT2D eigenvalue weighted by molar-refractivity contribution is -0.151. The Kier molecular flexibility index (Phi) is 6.72. The smallest absolute Gasteiger partial charge is 0.344 e. The molecule has 1 aliphatic rings. The van der Waals surface area contributed by atoms with Gasteiger partial charge in [0.1, 0.15) is 12.4 Å². The standard InChI is InChI=1S/C18H26O4/c1-3-14(2)16-9-4-5-10-17(16)21-13-18(19)22-12-15-8-6-7-11-20-15/h4-5,9-10,14-15H,3,6-8,11-13H2,1-2H3. The minimum absolute atomic E-state index is 0.0464. The summed E-state index contributed by atoms with van der Waals surface area (Å²) in [4.78, 5) is 11.8. The van der Waals surface area contributed by atoms with Gasteiger partial charge in [0.15, 0.2) is 6.61 Å². The number of hydrogen-bond donors (Lipinski definition) is 0. The van der Waals surface area contributed by atoms with Gasteiger partial charge in [0.25, 0.3) is 0 Å². The van der Waals surface area contributed by atoms with E-state index < -0.39 is 0 Å². The molecule has 1 aliphatic heterocycles. The number of ether oxygens (including phenoxy) is 3. The van der Waals surface area contributed by atoms with E-state index >= 15 is 0 Å². The van der Waals surface area contributed by atoms with E-state index in [0.717, 1.165) is 43.6 Å². The zero-order chi connectivity index (χ0) is 15.8. The Morgan fingerprint density at radius 2 is 2.18 bits per heavy atom. The van der Waals surface area contributed by atoms with Crippen LogP contribution in [-0.2, 0) is 14.3 Å². The molecule has 22 heavy (non-hydrogen) atoms. The van der Waals surface area contributed by atoms with Gasteiger partial charge < -0.3 is 14.2 Å². The molecule has 0 saturated carbocycles. The molecular formula is C18H26O4. The highest BCUT2D eigenvalue weighted by Crippen LogP contribution is 2.28. The highest BCUT2D eigenvalue weighted by molar-refractivity contribution is 5.71. The van der Waals surface area contributed by atoms with E-state index in [4.69, 9.17) is 14.2 Å². The summed E-state index contributed by atoms with van der Waals surface area (Å²) in [5.41, 5.74) is 1.13. The molecule has 1 aromatic rings. The minimum Gasteiger partial charge on any atom is -0.482 e. The van der Waals surface area contributed by atoms with Crippen LogP contribution in [0.5, 0.6) is 5.75 Å². The Labute approximate surface area is 132 Å². The lowest BCUT2D eigenvalue weighted by Gasteiger charge is -2.22. The van der Waals surface area contributed by atoms with Crippen molar-refractivity contribution in [2.24, 2.45) is 0 Å². The molecule has 2 atom stereocenters. The van der Waals surface area contributed by atoms with Crippen LogP contribution in [0.25, 0.3) is 0 Å². The van der Waals surface area contributed by atoms with Crippen molar-refractivity contribution in [1.29, 1.82) is 0 Å². The van der Waals surface area contributed by atoms with Crippen molar-refractivity contribution in [3.8, 4) is 5.75 Å². The molecule has 1 saturated heterocycles. The van der Waals surface area contributed by atoms with E-state index in [-0.39, 0.29) is 18.7 Å². The molecule has 0 spiro atoms. The van der Waals surface area contributed by atoms with Crippen molar-refractivity contribution in [2.45, 2.75) is 51.6 Å². The average molecular weight is 306 g/mol. The summed E-state index contributed by atoms with van der Waals surface area (Å²) in [6.07, 6.45) is 4.28. The predicted molar refractivity (Wildman–Crippen MR) is 85.2 cm³/mol. The number of carbonyl (C=O) groups is 1. The molecule has 2 rings (SSSR count). The van der Waals surface area contributed by atoms with E-state index in [1.807, 2.05) is 24.3 Å². The van der Waals surface area contributed by atoms with E-state index in [9.17, 15) is 4.79 Å². The topological polar surface area (TPSA) is 44.8 Å². The molecule has 2 unspecified atom stereocenters. The average Bonchev–Trinajstić information content (AvgIpc) is 2.58. The fraction of sp³-hybridized carbons (Fsp3) is 0.611. The third-order valence-corrected chi connectivity index (χ3v) is 4.11. The normalized spacial score (nSPS) is 19.5. The molecule has 1 fully saturated rings. The molecule has 0 bridgehead atoms. The summed E-state index contributed by atoms with van der Waals surface area (Å²) in [6.45, 7) is 5.33. The third kappa shape index (κ3) is 5.02. The first-order chi connectivity index (χ1) is 10.7. The molecule has 0 aliphatic carbocycles. The van der Waals surface area contributed by atoms with Gasteiger partial charge in [0.05, 0.1) is 6.10 Å². The fourth-order valence-corrected chi connectivity index (χ4v) is 2.54. The predicted octanol–water partition coefficient (Wildman–Crippen LogP) is 3.69. The number of benzene rings is 1.